The molecule has 0 heterocycles. The molecule has 20 heavy (non-hydrogen) atoms. The summed E-state index contributed by atoms with van der Waals surface area (Å²) < 4.78 is 10.4. The number of carboxylic acid groups (broad SMARTS) is 1. The van der Waals surface area contributed by atoms with Gasteiger partial charge in [0.2, 0.25) is 0 Å². The van der Waals surface area contributed by atoms with Crippen LogP contribution < -0.4 is 14.8 Å². The van der Waals surface area contributed by atoms with Crippen LogP contribution in [0.4, 0.5) is 0 Å². The van der Waals surface area contributed by atoms with E-state index in [9.17, 15) is 4.79 Å². The first kappa shape index (κ1) is 16.3. The second-order valence-electron chi connectivity index (χ2n) is 4.63. The maximum absolute atomic E-state index is 11.2. The van der Waals surface area contributed by atoms with E-state index >= 15 is 0 Å². The standard InChI is InChI=1S/C15H23NO4/c1-4-5-6-14(15(17)18)16-10-11-7-12(19-2)9-13(8-11)20-3/h7-9,14,16H,4-6,10H2,1-3H3,(H,17,18). The second kappa shape index (κ2) is 8.43. The predicted octanol–water partition coefficient (Wildman–Crippen LogP) is 2.44. The van der Waals surface area contributed by atoms with Gasteiger partial charge in [0.25, 0.3) is 0 Å². The van der Waals surface area contributed by atoms with E-state index in [0.717, 1.165) is 18.4 Å². The van der Waals surface area contributed by atoms with Crippen molar-refractivity contribution in [3.8, 4) is 11.5 Å². The highest BCUT2D eigenvalue weighted by molar-refractivity contribution is 5.73. The van der Waals surface area contributed by atoms with Crippen LogP contribution in [0.5, 0.6) is 11.5 Å². The Kier molecular flexibility index (Phi) is 6.87. The maximum atomic E-state index is 11.2. The summed E-state index contributed by atoms with van der Waals surface area (Å²) in [6, 6.07) is 5.00. The number of unbranched alkanes of at least 4 members (excludes halogenated alkanes) is 1. The van der Waals surface area contributed by atoms with E-state index in [1.54, 1.807) is 20.3 Å². The molecule has 0 fully saturated rings. The molecule has 0 saturated heterocycles. The lowest BCUT2D eigenvalue weighted by atomic mass is 10.1. The molecule has 5 heteroatoms. The number of methoxy groups -OCH3 is 2. The van der Waals surface area contributed by atoms with Gasteiger partial charge in [0, 0.05) is 12.6 Å². The number of aliphatic carboxylic acids is 1. The summed E-state index contributed by atoms with van der Waals surface area (Å²) in [5.74, 6) is 0.580. The van der Waals surface area contributed by atoms with Gasteiger partial charge in [-0.15, -0.1) is 0 Å². The van der Waals surface area contributed by atoms with E-state index in [-0.39, 0.29) is 0 Å². The molecule has 1 atom stereocenters. The number of rotatable bonds is 9. The lowest BCUT2D eigenvalue weighted by Gasteiger charge is -2.15. The van der Waals surface area contributed by atoms with Crippen molar-refractivity contribution in [3.63, 3.8) is 0 Å². The van der Waals surface area contributed by atoms with Gasteiger partial charge in [-0.05, 0) is 24.1 Å². The van der Waals surface area contributed by atoms with E-state index in [0.29, 0.717) is 24.5 Å². The third-order valence-electron chi connectivity index (χ3n) is 3.11. The van der Waals surface area contributed by atoms with Crippen molar-refractivity contribution < 1.29 is 19.4 Å². The molecular weight excluding hydrogens is 258 g/mol. The lowest BCUT2D eigenvalue weighted by Crippen LogP contribution is -2.36. The van der Waals surface area contributed by atoms with Crippen molar-refractivity contribution >= 4 is 5.97 Å². The van der Waals surface area contributed by atoms with Crippen LogP contribution in [0.25, 0.3) is 0 Å². The summed E-state index contributed by atoms with van der Waals surface area (Å²) in [4.78, 5) is 11.2. The van der Waals surface area contributed by atoms with Crippen LogP contribution in [-0.2, 0) is 11.3 Å². The fraction of sp³-hybridized carbons (Fsp3) is 0.533. The Labute approximate surface area is 119 Å². The molecule has 0 aliphatic rings. The van der Waals surface area contributed by atoms with Gasteiger partial charge in [-0.25, -0.2) is 0 Å². The summed E-state index contributed by atoms with van der Waals surface area (Å²) in [6.45, 7) is 2.51. The smallest absolute Gasteiger partial charge is 0.320 e. The highest BCUT2D eigenvalue weighted by Gasteiger charge is 2.16. The van der Waals surface area contributed by atoms with Gasteiger partial charge in [0.05, 0.1) is 14.2 Å². The molecule has 1 aromatic carbocycles. The zero-order valence-corrected chi connectivity index (χ0v) is 12.3. The van der Waals surface area contributed by atoms with Gasteiger partial charge in [-0.3, -0.25) is 4.79 Å². The Hall–Kier alpha value is -1.75. The van der Waals surface area contributed by atoms with Gasteiger partial charge < -0.3 is 19.9 Å². The monoisotopic (exact) mass is 281 g/mol. The van der Waals surface area contributed by atoms with Crippen molar-refractivity contribution in [1.82, 2.24) is 5.32 Å². The Bertz CT molecular complexity index is 412. The Morgan fingerprint density at radius 3 is 2.30 bits per heavy atom. The van der Waals surface area contributed by atoms with Crippen molar-refractivity contribution in [2.24, 2.45) is 0 Å². The highest BCUT2D eigenvalue weighted by Crippen LogP contribution is 2.22. The van der Waals surface area contributed by atoms with E-state index in [1.807, 2.05) is 19.1 Å². The minimum absolute atomic E-state index is 0.467. The summed E-state index contributed by atoms with van der Waals surface area (Å²) >= 11 is 0. The maximum Gasteiger partial charge on any atom is 0.320 e. The van der Waals surface area contributed by atoms with E-state index in [1.165, 1.54) is 0 Å². The molecular formula is C15H23NO4. The molecule has 1 aromatic rings. The number of carboxylic acids is 1. The molecule has 2 N–H and O–H groups in total. The van der Waals surface area contributed by atoms with Crippen LogP contribution in [0, 0.1) is 0 Å². The SMILES string of the molecule is CCCCC(NCc1cc(OC)cc(OC)c1)C(=O)O. The Morgan fingerprint density at radius 2 is 1.85 bits per heavy atom. The van der Waals surface area contributed by atoms with Crippen LogP contribution in [0.2, 0.25) is 0 Å². The number of hydrogen-bond donors (Lipinski definition) is 2. The number of carbonyl (C=O) groups is 1. The molecule has 112 valence electrons. The molecule has 0 radical (unpaired) electrons. The van der Waals surface area contributed by atoms with Crippen LogP contribution in [0.15, 0.2) is 18.2 Å². The number of benzene rings is 1. The molecule has 0 aliphatic heterocycles. The Balaban J connectivity index is 2.69. The van der Waals surface area contributed by atoms with Crippen molar-refractivity contribution in [3.05, 3.63) is 23.8 Å². The molecule has 5 nitrogen and oxygen atoms in total. The van der Waals surface area contributed by atoms with E-state index in [4.69, 9.17) is 14.6 Å². The van der Waals surface area contributed by atoms with Gasteiger partial charge in [0.15, 0.2) is 0 Å². The fourth-order valence-corrected chi connectivity index (χ4v) is 1.93. The molecule has 0 amide bonds. The predicted molar refractivity (Wildman–Crippen MR) is 77.3 cm³/mol. The topological polar surface area (TPSA) is 67.8 Å². The summed E-state index contributed by atoms with van der Waals surface area (Å²) in [7, 11) is 3.18. The van der Waals surface area contributed by atoms with Crippen LogP contribution in [-0.4, -0.2) is 31.3 Å². The second-order valence-corrected chi connectivity index (χ2v) is 4.63. The van der Waals surface area contributed by atoms with Gasteiger partial charge in [-0.2, -0.15) is 0 Å². The normalized spacial score (nSPS) is 11.9. The first-order valence-electron chi connectivity index (χ1n) is 6.78. The quantitative estimate of drug-likeness (QED) is 0.727. The number of nitrogens with one attached hydrogen (secondary N) is 1. The highest BCUT2D eigenvalue weighted by atomic mass is 16.5. The number of ether oxygens (including phenoxy) is 2. The average molecular weight is 281 g/mol. The molecule has 0 spiro atoms. The summed E-state index contributed by atoms with van der Waals surface area (Å²) in [5, 5.41) is 12.2. The molecule has 1 unspecified atom stereocenters. The molecule has 0 saturated carbocycles. The summed E-state index contributed by atoms with van der Waals surface area (Å²) in [5.41, 5.74) is 0.934. The number of hydrogen-bond acceptors (Lipinski definition) is 4. The zero-order chi connectivity index (χ0) is 15.0. The van der Waals surface area contributed by atoms with Gasteiger partial charge in [0.1, 0.15) is 17.5 Å². The first-order chi connectivity index (χ1) is 9.60. The lowest BCUT2D eigenvalue weighted by molar-refractivity contribution is -0.139. The third-order valence-corrected chi connectivity index (χ3v) is 3.11. The van der Waals surface area contributed by atoms with Crippen LogP contribution in [0.3, 0.4) is 0 Å². The molecule has 1 rings (SSSR count). The average Bonchev–Trinajstić information content (AvgIpc) is 2.46. The molecule has 0 bridgehead atoms. The minimum atomic E-state index is -0.812. The van der Waals surface area contributed by atoms with Crippen molar-refractivity contribution in [1.29, 1.82) is 0 Å². The van der Waals surface area contributed by atoms with E-state index < -0.39 is 12.0 Å². The van der Waals surface area contributed by atoms with E-state index in [2.05, 4.69) is 5.32 Å². The third kappa shape index (κ3) is 5.09. The van der Waals surface area contributed by atoms with Gasteiger partial charge in [-0.1, -0.05) is 19.8 Å². The largest absolute Gasteiger partial charge is 0.497 e. The van der Waals surface area contributed by atoms with Crippen molar-refractivity contribution in [2.75, 3.05) is 14.2 Å². The molecule has 0 aromatic heterocycles. The zero-order valence-electron chi connectivity index (χ0n) is 12.3. The van der Waals surface area contributed by atoms with Crippen LogP contribution >= 0.6 is 0 Å². The fourth-order valence-electron chi connectivity index (χ4n) is 1.93. The van der Waals surface area contributed by atoms with Crippen LogP contribution in [0.1, 0.15) is 31.7 Å². The minimum Gasteiger partial charge on any atom is -0.497 e. The van der Waals surface area contributed by atoms with Gasteiger partial charge >= 0.3 is 5.97 Å². The summed E-state index contributed by atoms with van der Waals surface area (Å²) in [6.07, 6.45) is 2.51. The van der Waals surface area contributed by atoms with Crippen molar-refractivity contribution in [2.45, 2.75) is 38.8 Å². The Morgan fingerprint density at radius 1 is 1.25 bits per heavy atom. The molecule has 0 aliphatic carbocycles. The first-order valence-corrected chi connectivity index (χ1v) is 6.78.